The lowest BCUT2D eigenvalue weighted by Gasteiger charge is -2.40. The monoisotopic (exact) mass is 466 g/mol. The van der Waals surface area contributed by atoms with Gasteiger partial charge in [0.2, 0.25) is 15.9 Å². The molecule has 1 saturated heterocycles. The van der Waals surface area contributed by atoms with Gasteiger partial charge in [-0.2, -0.15) is 22.7 Å². The molecular weight excluding hydrogens is 445 g/mol. The Morgan fingerprint density at radius 1 is 1.19 bits per heavy atom. The van der Waals surface area contributed by atoms with E-state index in [1.54, 1.807) is 12.1 Å². The van der Waals surface area contributed by atoms with Crippen LogP contribution in [-0.2, 0) is 27.4 Å². The van der Waals surface area contributed by atoms with Gasteiger partial charge >= 0.3 is 6.18 Å². The molecule has 1 atom stereocenters. The van der Waals surface area contributed by atoms with E-state index < -0.39 is 39.3 Å². The Bertz CT molecular complexity index is 1160. The van der Waals surface area contributed by atoms with Crippen molar-refractivity contribution in [2.24, 2.45) is 5.73 Å². The predicted molar refractivity (Wildman–Crippen MR) is 111 cm³/mol. The fraction of sp³-hybridized carbons (Fsp3) is 0.333. The summed E-state index contributed by atoms with van der Waals surface area (Å²) in [6, 6.07) is 9.78. The summed E-state index contributed by atoms with van der Waals surface area (Å²) in [6.45, 7) is 1.52. The molecule has 1 aliphatic heterocycles. The zero-order valence-electron chi connectivity index (χ0n) is 17.1. The van der Waals surface area contributed by atoms with Crippen molar-refractivity contribution < 1.29 is 26.4 Å². The summed E-state index contributed by atoms with van der Waals surface area (Å²) >= 11 is 0. The molecule has 0 saturated carbocycles. The third-order valence-electron chi connectivity index (χ3n) is 5.40. The van der Waals surface area contributed by atoms with Crippen LogP contribution in [0.3, 0.4) is 0 Å². The third-order valence-corrected chi connectivity index (χ3v) is 7.28. The lowest BCUT2D eigenvalue weighted by molar-refractivity contribution is -0.137. The lowest BCUT2D eigenvalue weighted by Crippen LogP contribution is -2.59. The van der Waals surface area contributed by atoms with Gasteiger partial charge in [0.25, 0.3) is 0 Å². The number of nitrogens with two attached hydrogens (primary N) is 1. The highest BCUT2D eigenvalue weighted by molar-refractivity contribution is 7.89. The number of hydrogen-bond donors (Lipinski definition) is 1. The molecule has 1 fully saturated rings. The van der Waals surface area contributed by atoms with Crippen molar-refractivity contribution in [3.05, 3.63) is 59.2 Å². The summed E-state index contributed by atoms with van der Waals surface area (Å²) in [5.41, 5.74) is 4.80. The van der Waals surface area contributed by atoms with Crippen molar-refractivity contribution >= 4 is 21.6 Å². The topological polar surface area (TPSA) is 108 Å². The molecule has 0 aromatic heterocycles. The summed E-state index contributed by atoms with van der Waals surface area (Å²) in [6.07, 6.45) is -4.02. The molecule has 1 aliphatic rings. The first kappa shape index (κ1) is 23.6. The number of piperazine rings is 1. The number of nitriles is 1. The molecule has 170 valence electrons. The van der Waals surface area contributed by atoms with Gasteiger partial charge in [0, 0.05) is 25.3 Å². The number of alkyl halides is 3. The Balaban J connectivity index is 1.92. The van der Waals surface area contributed by atoms with Crippen LogP contribution < -0.4 is 10.6 Å². The fourth-order valence-corrected chi connectivity index (χ4v) is 5.06. The zero-order valence-corrected chi connectivity index (χ0v) is 17.9. The van der Waals surface area contributed by atoms with Gasteiger partial charge in [0.1, 0.15) is 6.04 Å². The van der Waals surface area contributed by atoms with Crippen molar-refractivity contribution in [1.29, 1.82) is 5.26 Å². The first-order chi connectivity index (χ1) is 15.0. The maximum Gasteiger partial charge on any atom is 0.417 e. The van der Waals surface area contributed by atoms with E-state index in [0.717, 1.165) is 28.4 Å². The van der Waals surface area contributed by atoms with Crippen LogP contribution in [0.4, 0.5) is 18.9 Å². The number of anilines is 1. The molecule has 11 heteroatoms. The van der Waals surface area contributed by atoms with E-state index in [9.17, 15) is 26.4 Å². The van der Waals surface area contributed by atoms with Crippen molar-refractivity contribution in [2.75, 3.05) is 24.5 Å². The van der Waals surface area contributed by atoms with Crippen LogP contribution in [0.15, 0.2) is 47.4 Å². The van der Waals surface area contributed by atoms with Gasteiger partial charge in [0.05, 0.1) is 22.1 Å². The SMILES string of the molecule is CCc1ccc(S(=O)(=O)N2CCN(c3ccc(C#N)c(C(F)(F)F)c3)C(C(N)=O)C2)cc1. The first-order valence-corrected chi connectivity index (χ1v) is 11.2. The smallest absolute Gasteiger partial charge is 0.368 e. The third kappa shape index (κ3) is 4.56. The van der Waals surface area contributed by atoms with Gasteiger partial charge in [-0.15, -0.1) is 0 Å². The molecule has 2 aromatic rings. The predicted octanol–water partition coefficient (Wildman–Crippen LogP) is 2.50. The van der Waals surface area contributed by atoms with E-state index in [1.165, 1.54) is 29.2 Å². The van der Waals surface area contributed by atoms with E-state index >= 15 is 0 Å². The summed E-state index contributed by atoms with van der Waals surface area (Å²) in [4.78, 5) is 13.5. The van der Waals surface area contributed by atoms with E-state index in [1.807, 2.05) is 6.92 Å². The molecule has 7 nitrogen and oxygen atoms in total. The van der Waals surface area contributed by atoms with E-state index in [4.69, 9.17) is 11.0 Å². The highest BCUT2D eigenvalue weighted by Gasteiger charge is 2.39. The standard InChI is InChI=1S/C21H21F3N4O3S/c1-2-14-3-7-17(8-4-14)32(30,31)27-9-10-28(19(13-27)20(26)29)16-6-5-15(12-25)18(11-16)21(22,23)24/h3-8,11,19H,2,9-10,13H2,1H3,(H2,26,29). The quantitative estimate of drug-likeness (QED) is 0.729. The molecular formula is C21H21F3N4O3S. The summed E-state index contributed by atoms with van der Waals surface area (Å²) < 4.78 is 67.2. The van der Waals surface area contributed by atoms with Crippen LogP contribution in [0.5, 0.6) is 0 Å². The molecule has 3 rings (SSSR count). The number of benzene rings is 2. The fourth-order valence-electron chi connectivity index (χ4n) is 3.62. The number of rotatable bonds is 5. The van der Waals surface area contributed by atoms with Gasteiger partial charge in [-0.05, 0) is 42.3 Å². The molecule has 0 aliphatic carbocycles. The average molecular weight is 466 g/mol. The van der Waals surface area contributed by atoms with Gasteiger partial charge in [-0.3, -0.25) is 4.79 Å². The van der Waals surface area contributed by atoms with Gasteiger partial charge in [-0.25, -0.2) is 8.42 Å². The summed E-state index contributed by atoms with van der Waals surface area (Å²) in [5, 5.41) is 8.98. The molecule has 0 spiro atoms. The van der Waals surface area contributed by atoms with E-state index in [2.05, 4.69) is 0 Å². The van der Waals surface area contributed by atoms with E-state index in [0.29, 0.717) is 0 Å². The number of carbonyl (C=O) groups excluding carboxylic acids is 1. The number of amides is 1. The molecule has 2 aromatic carbocycles. The largest absolute Gasteiger partial charge is 0.417 e. The second kappa shape index (κ2) is 8.80. The van der Waals surface area contributed by atoms with E-state index in [-0.39, 0.29) is 30.2 Å². The van der Waals surface area contributed by atoms with Gasteiger partial charge in [0.15, 0.2) is 0 Å². The number of primary amides is 1. The van der Waals surface area contributed by atoms with Crippen LogP contribution in [0.1, 0.15) is 23.6 Å². The molecule has 1 amide bonds. The van der Waals surface area contributed by atoms with Crippen LogP contribution in [0, 0.1) is 11.3 Å². The highest BCUT2D eigenvalue weighted by atomic mass is 32.2. The number of hydrogen-bond acceptors (Lipinski definition) is 5. The number of nitrogens with zero attached hydrogens (tertiary/aromatic N) is 3. The Labute approximate surface area is 183 Å². The van der Waals surface area contributed by atoms with Gasteiger partial charge < -0.3 is 10.6 Å². The Morgan fingerprint density at radius 3 is 2.38 bits per heavy atom. The summed E-state index contributed by atoms with van der Waals surface area (Å²) in [7, 11) is -3.93. The normalized spacial score (nSPS) is 17.7. The lowest BCUT2D eigenvalue weighted by atomic mass is 10.0. The highest BCUT2D eigenvalue weighted by Crippen LogP contribution is 2.35. The van der Waals surface area contributed by atoms with Crippen molar-refractivity contribution in [3.63, 3.8) is 0 Å². The number of halogens is 3. The van der Waals surface area contributed by atoms with Crippen LogP contribution in [-0.4, -0.2) is 44.3 Å². The Hall–Kier alpha value is -3.10. The molecule has 2 N–H and O–H groups in total. The minimum atomic E-state index is -4.76. The minimum Gasteiger partial charge on any atom is -0.368 e. The molecule has 1 heterocycles. The second-order valence-corrected chi connectivity index (χ2v) is 9.25. The molecule has 0 bridgehead atoms. The Kier molecular flexibility index (Phi) is 6.48. The van der Waals surface area contributed by atoms with Crippen LogP contribution in [0.25, 0.3) is 0 Å². The Morgan fingerprint density at radius 2 is 1.84 bits per heavy atom. The molecule has 32 heavy (non-hydrogen) atoms. The van der Waals surface area contributed by atoms with Crippen molar-refractivity contribution in [2.45, 2.75) is 30.5 Å². The summed E-state index contributed by atoms with van der Waals surface area (Å²) in [5.74, 6) is -0.871. The first-order valence-electron chi connectivity index (χ1n) is 9.75. The van der Waals surface area contributed by atoms with Crippen LogP contribution >= 0.6 is 0 Å². The van der Waals surface area contributed by atoms with Crippen molar-refractivity contribution in [3.8, 4) is 6.07 Å². The average Bonchev–Trinajstić information content (AvgIpc) is 2.77. The number of sulfonamides is 1. The van der Waals surface area contributed by atoms with Gasteiger partial charge in [-0.1, -0.05) is 19.1 Å². The number of aryl methyl sites for hydroxylation is 1. The van der Waals surface area contributed by atoms with Crippen LogP contribution in [0.2, 0.25) is 0 Å². The second-order valence-electron chi connectivity index (χ2n) is 7.31. The molecule has 0 radical (unpaired) electrons. The number of carbonyl (C=O) groups is 1. The zero-order chi connectivity index (χ0) is 23.7. The minimum absolute atomic E-state index is 0.0319. The maximum atomic E-state index is 13.3. The molecule has 1 unspecified atom stereocenters. The maximum absolute atomic E-state index is 13.3. The van der Waals surface area contributed by atoms with Crippen molar-refractivity contribution in [1.82, 2.24) is 4.31 Å².